The molecule has 0 radical (unpaired) electrons. The lowest BCUT2D eigenvalue weighted by molar-refractivity contribution is 0.0693. The molecule has 0 bridgehead atoms. The van der Waals surface area contributed by atoms with Crippen molar-refractivity contribution in [3.8, 4) is 5.75 Å². The van der Waals surface area contributed by atoms with Gasteiger partial charge in [-0.2, -0.15) is 0 Å². The smallest absolute Gasteiger partial charge is 0.253 e. The Morgan fingerprint density at radius 1 is 1.14 bits per heavy atom. The second kappa shape index (κ2) is 12.7. The summed E-state index contributed by atoms with van der Waals surface area (Å²) in [5.74, 6) is 1.05. The predicted molar refractivity (Wildman–Crippen MR) is 148 cm³/mol. The molecule has 8 nitrogen and oxygen atoms in total. The number of nitrogens with zero attached hydrogens (tertiary/aromatic N) is 2. The predicted octanol–water partition coefficient (Wildman–Crippen LogP) is 4.10. The Balaban J connectivity index is 1.53. The first kappa shape index (κ1) is 28.2. The number of likely N-dealkylation sites (tertiary alicyclic amines) is 1. The van der Waals surface area contributed by atoms with Crippen molar-refractivity contribution in [1.82, 2.24) is 10.2 Å². The van der Waals surface area contributed by atoms with Crippen LogP contribution in [0, 0.1) is 12.8 Å². The Kier molecular flexibility index (Phi) is 9.69. The number of anilines is 1. The number of aliphatic imine (C=N–C) groups is 1. The monoisotopic (exact) mass is 508 g/mol. The van der Waals surface area contributed by atoms with Crippen LogP contribution in [0.3, 0.4) is 0 Å². The zero-order valence-corrected chi connectivity index (χ0v) is 22.7. The van der Waals surface area contributed by atoms with Crippen LogP contribution in [0.15, 0.2) is 41.4 Å². The van der Waals surface area contributed by atoms with E-state index >= 15 is 0 Å². The van der Waals surface area contributed by atoms with Gasteiger partial charge in [-0.1, -0.05) is 0 Å². The van der Waals surface area contributed by atoms with E-state index in [-0.39, 0.29) is 17.4 Å². The minimum absolute atomic E-state index is 0.0493. The van der Waals surface area contributed by atoms with Crippen LogP contribution < -0.4 is 15.8 Å². The number of piperidine rings is 1. The van der Waals surface area contributed by atoms with Gasteiger partial charge < -0.3 is 25.4 Å². The fourth-order valence-electron chi connectivity index (χ4n) is 4.34. The lowest BCUT2D eigenvalue weighted by Crippen LogP contribution is -2.39. The molecule has 0 unspecified atom stereocenters. The molecule has 37 heavy (non-hydrogen) atoms. The SMILES string of the molecule is COCCNC(=O)c1ccc(N)c(C=NCC2CCN(C(=O)c3ccc(OC(C)(C)C)cc3)CC2)c1C. The summed E-state index contributed by atoms with van der Waals surface area (Å²) < 4.78 is 10.8. The van der Waals surface area contributed by atoms with Crippen molar-refractivity contribution < 1.29 is 19.1 Å². The first-order valence-corrected chi connectivity index (χ1v) is 12.8. The van der Waals surface area contributed by atoms with Crippen molar-refractivity contribution in [2.24, 2.45) is 10.9 Å². The van der Waals surface area contributed by atoms with Crippen molar-refractivity contribution in [3.63, 3.8) is 0 Å². The zero-order chi connectivity index (χ0) is 27.0. The molecule has 2 aromatic rings. The Morgan fingerprint density at radius 3 is 2.43 bits per heavy atom. The van der Waals surface area contributed by atoms with Gasteiger partial charge in [-0.25, -0.2) is 0 Å². The van der Waals surface area contributed by atoms with Crippen LogP contribution in [0.25, 0.3) is 0 Å². The summed E-state index contributed by atoms with van der Waals surface area (Å²) in [5, 5.41) is 2.84. The minimum Gasteiger partial charge on any atom is -0.488 e. The van der Waals surface area contributed by atoms with E-state index in [1.54, 1.807) is 25.5 Å². The van der Waals surface area contributed by atoms with Gasteiger partial charge in [-0.15, -0.1) is 0 Å². The molecule has 3 rings (SSSR count). The average Bonchev–Trinajstić information content (AvgIpc) is 2.85. The van der Waals surface area contributed by atoms with Gasteiger partial charge in [0.15, 0.2) is 0 Å². The average molecular weight is 509 g/mol. The second-order valence-electron chi connectivity index (χ2n) is 10.5. The van der Waals surface area contributed by atoms with Crippen LogP contribution in [-0.4, -0.2) is 68.4 Å². The van der Waals surface area contributed by atoms with E-state index in [2.05, 4.69) is 10.3 Å². The topological polar surface area (TPSA) is 106 Å². The van der Waals surface area contributed by atoms with Crippen molar-refractivity contribution >= 4 is 23.7 Å². The van der Waals surface area contributed by atoms with Gasteiger partial charge in [0.2, 0.25) is 0 Å². The highest BCUT2D eigenvalue weighted by molar-refractivity contribution is 6.00. The number of hydrogen-bond donors (Lipinski definition) is 2. The molecule has 8 heteroatoms. The van der Waals surface area contributed by atoms with Gasteiger partial charge in [-0.05, 0) is 88.4 Å². The Labute approximate surface area is 220 Å². The van der Waals surface area contributed by atoms with Crippen molar-refractivity contribution in [3.05, 3.63) is 58.7 Å². The van der Waals surface area contributed by atoms with Crippen LogP contribution in [0.5, 0.6) is 5.75 Å². The number of ether oxygens (including phenoxy) is 2. The molecular weight excluding hydrogens is 468 g/mol. The third kappa shape index (κ3) is 8.05. The molecule has 3 N–H and O–H groups in total. The molecule has 2 amide bonds. The number of methoxy groups -OCH3 is 1. The number of nitrogens with one attached hydrogen (secondary N) is 1. The number of hydrogen-bond acceptors (Lipinski definition) is 6. The second-order valence-corrected chi connectivity index (χ2v) is 10.5. The normalized spacial score (nSPS) is 14.7. The standard InChI is InChI=1S/C29H40N4O4/c1-20-24(27(34)32-14-17-36-5)10-11-26(30)25(20)19-31-18-21-12-15-33(16-13-21)28(35)22-6-8-23(9-7-22)37-29(2,3)4/h6-11,19,21H,12-18,30H2,1-5H3,(H,32,34). The fourth-order valence-corrected chi connectivity index (χ4v) is 4.34. The quantitative estimate of drug-likeness (QED) is 0.301. The number of nitrogen functional groups attached to an aromatic ring is 1. The van der Waals surface area contributed by atoms with E-state index in [0.29, 0.717) is 55.5 Å². The fraction of sp³-hybridized carbons (Fsp3) is 0.483. The lowest BCUT2D eigenvalue weighted by Gasteiger charge is -2.31. The van der Waals surface area contributed by atoms with Gasteiger partial charge in [0.05, 0.1) is 6.61 Å². The van der Waals surface area contributed by atoms with E-state index in [4.69, 9.17) is 15.2 Å². The molecule has 2 aromatic carbocycles. The number of benzene rings is 2. The third-order valence-corrected chi connectivity index (χ3v) is 6.40. The maximum atomic E-state index is 12.9. The molecule has 0 aliphatic carbocycles. The van der Waals surface area contributed by atoms with Crippen molar-refractivity contribution in [2.45, 2.75) is 46.1 Å². The first-order valence-electron chi connectivity index (χ1n) is 12.8. The summed E-state index contributed by atoms with van der Waals surface area (Å²) in [6, 6.07) is 10.8. The summed E-state index contributed by atoms with van der Waals surface area (Å²) >= 11 is 0. The third-order valence-electron chi connectivity index (χ3n) is 6.40. The maximum absolute atomic E-state index is 12.9. The largest absolute Gasteiger partial charge is 0.488 e. The van der Waals surface area contributed by atoms with Gasteiger partial charge in [0, 0.05) is 61.9 Å². The molecule has 0 aromatic heterocycles. The van der Waals surface area contributed by atoms with E-state index in [1.165, 1.54) is 0 Å². The summed E-state index contributed by atoms with van der Waals surface area (Å²) in [6.07, 6.45) is 3.56. The maximum Gasteiger partial charge on any atom is 0.253 e. The summed E-state index contributed by atoms with van der Waals surface area (Å²) in [6.45, 7) is 10.8. The molecular formula is C29H40N4O4. The van der Waals surface area contributed by atoms with Crippen LogP contribution in [0.4, 0.5) is 5.69 Å². The molecule has 0 saturated carbocycles. The van der Waals surface area contributed by atoms with E-state index in [1.807, 2.05) is 56.9 Å². The van der Waals surface area contributed by atoms with Gasteiger partial charge >= 0.3 is 0 Å². The lowest BCUT2D eigenvalue weighted by atomic mass is 9.96. The molecule has 1 fully saturated rings. The number of nitrogens with two attached hydrogens (primary N) is 1. The van der Waals surface area contributed by atoms with Crippen LogP contribution in [-0.2, 0) is 4.74 Å². The number of carbonyl (C=O) groups is 2. The van der Waals surface area contributed by atoms with Crippen LogP contribution >= 0.6 is 0 Å². The Morgan fingerprint density at radius 2 is 1.81 bits per heavy atom. The Hall–Kier alpha value is -3.39. The number of rotatable bonds is 9. The summed E-state index contributed by atoms with van der Waals surface area (Å²) in [4.78, 5) is 32.0. The van der Waals surface area contributed by atoms with E-state index in [0.717, 1.165) is 29.7 Å². The van der Waals surface area contributed by atoms with Gasteiger partial charge in [0.25, 0.3) is 11.8 Å². The molecule has 1 saturated heterocycles. The molecule has 1 aliphatic rings. The minimum atomic E-state index is -0.276. The summed E-state index contributed by atoms with van der Waals surface area (Å²) in [7, 11) is 1.60. The van der Waals surface area contributed by atoms with E-state index < -0.39 is 0 Å². The number of carbonyl (C=O) groups excluding carboxylic acids is 2. The molecule has 0 spiro atoms. The van der Waals surface area contributed by atoms with Crippen molar-refractivity contribution in [1.29, 1.82) is 0 Å². The van der Waals surface area contributed by atoms with Gasteiger partial charge in [-0.3, -0.25) is 14.6 Å². The first-order chi connectivity index (χ1) is 17.6. The zero-order valence-electron chi connectivity index (χ0n) is 22.7. The van der Waals surface area contributed by atoms with Crippen molar-refractivity contribution in [2.75, 3.05) is 45.6 Å². The van der Waals surface area contributed by atoms with Crippen LogP contribution in [0.1, 0.15) is 65.5 Å². The van der Waals surface area contributed by atoms with Gasteiger partial charge in [0.1, 0.15) is 11.4 Å². The molecule has 1 aliphatic heterocycles. The summed E-state index contributed by atoms with van der Waals surface area (Å²) in [5.41, 5.74) is 9.33. The van der Waals surface area contributed by atoms with Crippen LogP contribution in [0.2, 0.25) is 0 Å². The highest BCUT2D eigenvalue weighted by Crippen LogP contribution is 2.23. The highest BCUT2D eigenvalue weighted by atomic mass is 16.5. The Bertz CT molecular complexity index is 1100. The molecule has 0 atom stereocenters. The molecule has 200 valence electrons. The van der Waals surface area contributed by atoms with E-state index in [9.17, 15) is 9.59 Å². The molecule has 1 heterocycles. The number of amides is 2. The highest BCUT2D eigenvalue weighted by Gasteiger charge is 2.24.